The van der Waals surface area contributed by atoms with Crippen LogP contribution in [0.3, 0.4) is 0 Å². The first-order valence-corrected chi connectivity index (χ1v) is 9.33. The van der Waals surface area contributed by atoms with Crippen LogP contribution in [0.15, 0.2) is 41.6 Å². The van der Waals surface area contributed by atoms with Crippen molar-refractivity contribution >= 4 is 34.8 Å². The van der Waals surface area contributed by atoms with Gasteiger partial charge in [-0.2, -0.15) is 0 Å². The summed E-state index contributed by atoms with van der Waals surface area (Å²) in [6.45, 7) is 0.526. The SMILES string of the molecule is C#CCOc1ccc(CCNC(=O)/C(=N\OC)c2ccc(Cl)c(Cl)c2)cc1OC. The summed E-state index contributed by atoms with van der Waals surface area (Å²) in [4.78, 5) is 17.4. The minimum atomic E-state index is -0.397. The van der Waals surface area contributed by atoms with Crippen molar-refractivity contribution in [3.63, 3.8) is 0 Å². The Morgan fingerprint density at radius 2 is 1.93 bits per heavy atom. The summed E-state index contributed by atoms with van der Waals surface area (Å²) in [6, 6.07) is 10.3. The van der Waals surface area contributed by atoms with Crippen molar-refractivity contribution in [1.82, 2.24) is 5.32 Å². The van der Waals surface area contributed by atoms with Crippen molar-refractivity contribution in [2.75, 3.05) is 27.4 Å². The van der Waals surface area contributed by atoms with E-state index in [0.717, 1.165) is 5.56 Å². The number of carbonyl (C=O) groups is 1. The number of benzene rings is 2. The van der Waals surface area contributed by atoms with Crippen molar-refractivity contribution < 1.29 is 19.1 Å². The number of hydrogen-bond donors (Lipinski definition) is 1. The molecule has 2 aromatic rings. The highest BCUT2D eigenvalue weighted by Gasteiger charge is 2.16. The first kappa shape index (κ1) is 22.4. The zero-order valence-electron chi connectivity index (χ0n) is 16.0. The Morgan fingerprint density at radius 1 is 1.14 bits per heavy atom. The molecular formula is C21H20Cl2N2O4. The summed E-state index contributed by atoms with van der Waals surface area (Å²) in [5.41, 5.74) is 1.55. The molecule has 0 unspecified atom stereocenters. The van der Waals surface area contributed by atoms with Crippen LogP contribution >= 0.6 is 23.2 Å². The monoisotopic (exact) mass is 434 g/mol. The Bertz CT molecular complexity index is 939. The molecule has 1 N–H and O–H groups in total. The molecule has 0 atom stereocenters. The third-order valence-corrected chi connectivity index (χ3v) is 4.57. The molecule has 1 amide bonds. The van der Waals surface area contributed by atoms with E-state index in [2.05, 4.69) is 16.4 Å². The average Bonchev–Trinajstić information content (AvgIpc) is 2.72. The van der Waals surface area contributed by atoms with E-state index in [4.69, 9.17) is 43.9 Å². The minimum Gasteiger partial charge on any atom is -0.493 e. The van der Waals surface area contributed by atoms with Gasteiger partial charge >= 0.3 is 0 Å². The summed E-state index contributed by atoms with van der Waals surface area (Å²) in [7, 11) is 2.91. The number of nitrogens with one attached hydrogen (secondary N) is 1. The fraction of sp³-hybridized carbons (Fsp3) is 0.238. The fourth-order valence-corrected chi connectivity index (χ4v) is 2.77. The normalized spacial score (nSPS) is 10.8. The number of oxime groups is 1. The Balaban J connectivity index is 2.02. The Kier molecular flexibility index (Phi) is 8.66. The average molecular weight is 435 g/mol. The topological polar surface area (TPSA) is 69.2 Å². The second-order valence-electron chi connectivity index (χ2n) is 5.74. The molecule has 8 heteroatoms. The van der Waals surface area contributed by atoms with E-state index in [1.807, 2.05) is 12.1 Å². The summed E-state index contributed by atoms with van der Waals surface area (Å²) < 4.78 is 10.7. The van der Waals surface area contributed by atoms with Crippen molar-refractivity contribution in [3.05, 3.63) is 57.6 Å². The summed E-state index contributed by atoms with van der Waals surface area (Å²) >= 11 is 12.0. The first-order chi connectivity index (χ1) is 14.0. The van der Waals surface area contributed by atoms with Crippen LogP contribution < -0.4 is 14.8 Å². The molecule has 0 spiro atoms. The van der Waals surface area contributed by atoms with E-state index in [-0.39, 0.29) is 12.3 Å². The third-order valence-electron chi connectivity index (χ3n) is 3.83. The molecule has 29 heavy (non-hydrogen) atoms. The molecule has 0 radical (unpaired) electrons. The van der Waals surface area contributed by atoms with Crippen LogP contribution in [0.2, 0.25) is 10.0 Å². The molecule has 0 bridgehead atoms. The van der Waals surface area contributed by atoms with E-state index in [0.29, 0.717) is 40.1 Å². The second kappa shape index (κ2) is 11.2. The Hall–Kier alpha value is -2.88. The van der Waals surface area contributed by atoms with E-state index in [1.165, 1.54) is 7.11 Å². The molecule has 0 saturated heterocycles. The lowest BCUT2D eigenvalue weighted by molar-refractivity contribution is -0.114. The van der Waals surface area contributed by atoms with Gasteiger partial charge in [-0.1, -0.05) is 46.4 Å². The highest BCUT2D eigenvalue weighted by molar-refractivity contribution is 6.47. The van der Waals surface area contributed by atoms with Gasteiger partial charge in [0, 0.05) is 12.1 Å². The minimum absolute atomic E-state index is 0.0988. The van der Waals surface area contributed by atoms with Crippen LogP contribution in [0.4, 0.5) is 0 Å². The Labute approximate surface area is 179 Å². The van der Waals surface area contributed by atoms with Gasteiger partial charge in [0.15, 0.2) is 17.2 Å². The molecule has 6 nitrogen and oxygen atoms in total. The number of terminal acetylenes is 1. The van der Waals surface area contributed by atoms with Crippen LogP contribution in [0.5, 0.6) is 11.5 Å². The van der Waals surface area contributed by atoms with Crippen LogP contribution in [0.1, 0.15) is 11.1 Å². The van der Waals surface area contributed by atoms with Gasteiger partial charge in [0.05, 0.1) is 17.2 Å². The maximum Gasteiger partial charge on any atom is 0.273 e. The smallest absolute Gasteiger partial charge is 0.273 e. The standard InChI is InChI=1S/C21H20Cl2N2O4/c1-4-11-29-18-8-5-14(12-19(18)27-2)9-10-24-21(26)20(25-28-3)15-6-7-16(22)17(23)13-15/h1,5-8,12-13H,9-11H2,2-3H3,(H,24,26)/b25-20-. The molecule has 152 valence electrons. The molecule has 0 aliphatic rings. The van der Waals surface area contributed by atoms with Crippen LogP contribution in [-0.2, 0) is 16.1 Å². The number of hydrogen-bond acceptors (Lipinski definition) is 5. The number of halogens is 2. The van der Waals surface area contributed by atoms with Crippen LogP contribution in [0.25, 0.3) is 0 Å². The molecule has 0 aliphatic carbocycles. The van der Waals surface area contributed by atoms with Crippen molar-refractivity contribution in [2.24, 2.45) is 5.16 Å². The van der Waals surface area contributed by atoms with Gasteiger partial charge in [-0.15, -0.1) is 6.42 Å². The lowest BCUT2D eigenvalue weighted by Gasteiger charge is -2.11. The quantitative estimate of drug-likeness (QED) is 0.370. The molecule has 0 saturated carbocycles. The van der Waals surface area contributed by atoms with Gasteiger partial charge in [0.1, 0.15) is 13.7 Å². The molecular weight excluding hydrogens is 415 g/mol. The summed E-state index contributed by atoms with van der Waals surface area (Å²) in [5, 5.41) is 7.32. The molecule has 0 fully saturated rings. The van der Waals surface area contributed by atoms with E-state index in [1.54, 1.807) is 31.4 Å². The van der Waals surface area contributed by atoms with E-state index < -0.39 is 5.91 Å². The number of rotatable bonds is 9. The number of methoxy groups -OCH3 is 1. The molecule has 0 heterocycles. The van der Waals surface area contributed by atoms with E-state index in [9.17, 15) is 4.79 Å². The maximum atomic E-state index is 12.6. The molecule has 0 aromatic heterocycles. The predicted octanol–water partition coefficient (Wildman–Crippen LogP) is 3.72. The van der Waals surface area contributed by atoms with Crippen LogP contribution in [0, 0.1) is 12.3 Å². The van der Waals surface area contributed by atoms with Gasteiger partial charge < -0.3 is 19.6 Å². The van der Waals surface area contributed by atoms with Gasteiger partial charge in [-0.3, -0.25) is 4.79 Å². The lowest BCUT2D eigenvalue weighted by atomic mass is 10.1. The summed E-state index contributed by atoms with van der Waals surface area (Å²) in [6.07, 6.45) is 5.78. The number of carbonyl (C=O) groups excluding carboxylic acids is 1. The number of ether oxygens (including phenoxy) is 2. The number of nitrogens with zero attached hydrogens (tertiary/aromatic N) is 1. The zero-order chi connectivity index (χ0) is 21.2. The molecule has 2 aromatic carbocycles. The van der Waals surface area contributed by atoms with E-state index >= 15 is 0 Å². The Morgan fingerprint density at radius 3 is 2.59 bits per heavy atom. The zero-order valence-corrected chi connectivity index (χ0v) is 17.5. The number of amides is 1. The second-order valence-corrected chi connectivity index (χ2v) is 6.55. The first-order valence-electron chi connectivity index (χ1n) is 8.58. The highest BCUT2D eigenvalue weighted by atomic mass is 35.5. The predicted molar refractivity (Wildman–Crippen MR) is 114 cm³/mol. The molecule has 2 rings (SSSR count). The van der Waals surface area contributed by atoms with Crippen molar-refractivity contribution in [2.45, 2.75) is 6.42 Å². The van der Waals surface area contributed by atoms with Gasteiger partial charge in [0.25, 0.3) is 5.91 Å². The van der Waals surface area contributed by atoms with Crippen LogP contribution in [-0.4, -0.2) is 39.0 Å². The maximum absolute atomic E-state index is 12.6. The van der Waals surface area contributed by atoms with Gasteiger partial charge in [-0.25, -0.2) is 0 Å². The highest BCUT2D eigenvalue weighted by Crippen LogP contribution is 2.28. The largest absolute Gasteiger partial charge is 0.493 e. The third kappa shape index (κ3) is 6.31. The fourth-order valence-electron chi connectivity index (χ4n) is 2.47. The lowest BCUT2D eigenvalue weighted by Crippen LogP contribution is -2.33. The van der Waals surface area contributed by atoms with Gasteiger partial charge in [0.2, 0.25) is 0 Å². The van der Waals surface area contributed by atoms with Crippen molar-refractivity contribution in [3.8, 4) is 23.8 Å². The van der Waals surface area contributed by atoms with Crippen molar-refractivity contribution in [1.29, 1.82) is 0 Å². The molecule has 0 aliphatic heterocycles. The van der Waals surface area contributed by atoms with Gasteiger partial charge in [-0.05, 0) is 36.2 Å². The summed E-state index contributed by atoms with van der Waals surface area (Å²) in [5.74, 6) is 3.14.